The zero-order valence-electron chi connectivity index (χ0n) is 14.0. The van der Waals surface area contributed by atoms with Crippen LogP contribution in [0, 0.1) is 15.9 Å². The Morgan fingerprint density at radius 2 is 1.62 bits per heavy atom. The van der Waals surface area contributed by atoms with Crippen molar-refractivity contribution < 1.29 is 9.31 Å². The van der Waals surface area contributed by atoms with Crippen molar-refractivity contribution in [3.05, 3.63) is 70.7 Å². The monoisotopic (exact) mass is 352 g/mol. The molecule has 2 aromatic carbocycles. The van der Waals surface area contributed by atoms with Crippen LogP contribution in [0.25, 0.3) is 10.9 Å². The van der Waals surface area contributed by atoms with E-state index in [0.29, 0.717) is 48.5 Å². The fraction of sp³-hybridized carbons (Fsp3) is 0.211. The summed E-state index contributed by atoms with van der Waals surface area (Å²) in [6, 6.07) is 13.7. The van der Waals surface area contributed by atoms with Gasteiger partial charge in [0.05, 0.1) is 21.5 Å². The molecule has 6 nitrogen and oxygen atoms in total. The number of piperazine rings is 1. The molecule has 26 heavy (non-hydrogen) atoms. The van der Waals surface area contributed by atoms with Crippen LogP contribution in [0.2, 0.25) is 0 Å². The van der Waals surface area contributed by atoms with Crippen molar-refractivity contribution in [3.8, 4) is 0 Å². The molecule has 4 rings (SSSR count). The van der Waals surface area contributed by atoms with Gasteiger partial charge < -0.3 is 9.80 Å². The number of fused-ring (bicyclic) bond motifs is 1. The Bertz CT molecular complexity index is 971. The van der Waals surface area contributed by atoms with E-state index < -0.39 is 0 Å². The van der Waals surface area contributed by atoms with Gasteiger partial charge in [0.15, 0.2) is 0 Å². The molecule has 0 N–H and O–H groups in total. The van der Waals surface area contributed by atoms with Crippen LogP contribution in [0.15, 0.2) is 54.7 Å². The molecular weight excluding hydrogens is 335 g/mol. The lowest BCUT2D eigenvalue weighted by atomic mass is 10.1. The molecule has 0 saturated carbocycles. The standard InChI is InChI=1S/C19H17FN4O2/c20-15-5-1-2-6-17(15)22-10-12-23(13-11-22)18-8-7-16-14(4-3-9-21-16)19(18)24(25)26/h1-9H,10-13H2. The van der Waals surface area contributed by atoms with Crippen molar-refractivity contribution in [1.29, 1.82) is 0 Å². The molecule has 7 heteroatoms. The number of aromatic nitrogens is 1. The fourth-order valence-electron chi connectivity index (χ4n) is 3.47. The Kier molecular flexibility index (Phi) is 4.12. The second kappa shape index (κ2) is 6.59. The number of para-hydroxylation sites is 1. The lowest BCUT2D eigenvalue weighted by molar-refractivity contribution is -0.382. The minimum Gasteiger partial charge on any atom is -0.366 e. The van der Waals surface area contributed by atoms with E-state index in [1.165, 1.54) is 6.07 Å². The van der Waals surface area contributed by atoms with E-state index in [-0.39, 0.29) is 16.4 Å². The third-order valence-corrected chi connectivity index (χ3v) is 4.73. The predicted octanol–water partition coefficient (Wildman–Crippen LogP) is 3.61. The summed E-state index contributed by atoms with van der Waals surface area (Å²) in [5.41, 5.74) is 1.84. The van der Waals surface area contributed by atoms with Gasteiger partial charge in [-0.15, -0.1) is 0 Å². The van der Waals surface area contributed by atoms with Crippen LogP contribution in [-0.4, -0.2) is 36.1 Å². The van der Waals surface area contributed by atoms with Gasteiger partial charge in [-0.2, -0.15) is 0 Å². The van der Waals surface area contributed by atoms with Crippen molar-refractivity contribution in [2.45, 2.75) is 0 Å². The van der Waals surface area contributed by atoms with E-state index >= 15 is 0 Å². The van der Waals surface area contributed by atoms with Gasteiger partial charge in [0.1, 0.15) is 11.5 Å². The molecule has 0 radical (unpaired) electrons. The Labute approximate surface area is 149 Å². The van der Waals surface area contributed by atoms with Crippen LogP contribution < -0.4 is 9.80 Å². The lowest BCUT2D eigenvalue weighted by Crippen LogP contribution is -2.47. The minimum absolute atomic E-state index is 0.0786. The summed E-state index contributed by atoms with van der Waals surface area (Å²) < 4.78 is 14.0. The molecule has 0 amide bonds. The topological polar surface area (TPSA) is 62.5 Å². The molecule has 0 aliphatic carbocycles. The van der Waals surface area contributed by atoms with Crippen molar-refractivity contribution in [2.75, 3.05) is 36.0 Å². The first-order valence-electron chi connectivity index (χ1n) is 8.42. The quantitative estimate of drug-likeness (QED) is 0.532. The zero-order valence-corrected chi connectivity index (χ0v) is 14.0. The van der Waals surface area contributed by atoms with E-state index in [1.807, 2.05) is 15.9 Å². The molecule has 1 saturated heterocycles. The van der Waals surface area contributed by atoms with Gasteiger partial charge in [0.25, 0.3) is 0 Å². The summed E-state index contributed by atoms with van der Waals surface area (Å²) in [4.78, 5) is 19.5. The molecule has 0 spiro atoms. The van der Waals surface area contributed by atoms with Crippen LogP contribution in [0.5, 0.6) is 0 Å². The largest absolute Gasteiger partial charge is 0.366 e. The summed E-state index contributed by atoms with van der Waals surface area (Å²) >= 11 is 0. The van der Waals surface area contributed by atoms with E-state index in [2.05, 4.69) is 4.98 Å². The first-order chi connectivity index (χ1) is 12.6. The number of nitrogens with zero attached hydrogens (tertiary/aromatic N) is 4. The number of hydrogen-bond acceptors (Lipinski definition) is 5. The number of rotatable bonds is 3. The van der Waals surface area contributed by atoms with Crippen molar-refractivity contribution in [2.24, 2.45) is 0 Å². The molecule has 0 bridgehead atoms. The Balaban J connectivity index is 1.63. The van der Waals surface area contributed by atoms with Crippen LogP contribution in [0.3, 0.4) is 0 Å². The van der Waals surface area contributed by atoms with E-state index in [0.717, 1.165) is 0 Å². The summed E-state index contributed by atoms with van der Waals surface area (Å²) in [5, 5.41) is 12.2. The average Bonchev–Trinajstić information content (AvgIpc) is 2.67. The first kappa shape index (κ1) is 16.3. The van der Waals surface area contributed by atoms with Gasteiger partial charge in [0, 0.05) is 32.4 Å². The molecule has 1 aliphatic rings. The van der Waals surface area contributed by atoms with Gasteiger partial charge in [0.2, 0.25) is 0 Å². The van der Waals surface area contributed by atoms with Gasteiger partial charge in [-0.1, -0.05) is 12.1 Å². The van der Waals surface area contributed by atoms with Gasteiger partial charge >= 0.3 is 5.69 Å². The van der Waals surface area contributed by atoms with E-state index in [4.69, 9.17) is 0 Å². The number of nitro groups is 1. The highest BCUT2D eigenvalue weighted by Gasteiger charge is 2.26. The molecule has 1 fully saturated rings. The molecule has 132 valence electrons. The smallest absolute Gasteiger partial charge is 0.301 e. The maximum atomic E-state index is 14.0. The number of benzene rings is 2. The summed E-state index contributed by atoms with van der Waals surface area (Å²) in [6.07, 6.45) is 1.62. The van der Waals surface area contributed by atoms with Crippen LogP contribution >= 0.6 is 0 Å². The first-order valence-corrected chi connectivity index (χ1v) is 8.42. The van der Waals surface area contributed by atoms with Gasteiger partial charge in [-0.05, 0) is 36.4 Å². The third-order valence-electron chi connectivity index (χ3n) is 4.73. The van der Waals surface area contributed by atoms with Crippen molar-refractivity contribution in [1.82, 2.24) is 4.98 Å². The van der Waals surface area contributed by atoms with Gasteiger partial charge in [-0.3, -0.25) is 15.1 Å². The van der Waals surface area contributed by atoms with Gasteiger partial charge in [-0.25, -0.2) is 4.39 Å². The number of anilines is 2. The Hall–Kier alpha value is -3.22. The van der Waals surface area contributed by atoms with Crippen molar-refractivity contribution >= 4 is 28.0 Å². The normalized spacial score (nSPS) is 14.7. The maximum Gasteiger partial charge on any atom is 0.301 e. The molecular formula is C19H17FN4O2. The van der Waals surface area contributed by atoms with Crippen molar-refractivity contribution in [3.63, 3.8) is 0 Å². The molecule has 0 atom stereocenters. The molecule has 1 aliphatic heterocycles. The van der Waals surface area contributed by atoms with E-state index in [9.17, 15) is 14.5 Å². The summed E-state index contributed by atoms with van der Waals surface area (Å²) in [5.74, 6) is -0.247. The van der Waals surface area contributed by atoms with Crippen LogP contribution in [0.1, 0.15) is 0 Å². The second-order valence-electron chi connectivity index (χ2n) is 6.19. The SMILES string of the molecule is O=[N+]([O-])c1c(N2CCN(c3ccccc3F)CC2)ccc2ncccc12. The molecule has 3 aromatic rings. The predicted molar refractivity (Wildman–Crippen MR) is 99.2 cm³/mol. The Morgan fingerprint density at radius 3 is 2.31 bits per heavy atom. The summed E-state index contributed by atoms with van der Waals surface area (Å²) in [7, 11) is 0. The zero-order chi connectivity index (χ0) is 18.1. The minimum atomic E-state index is -0.345. The van der Waals surface area contributed by atoms with Crippen LogP contribution in [-0.2, 0) is 0 Å². The maximum absolute atomic E-state index is 14.0. The second-order valence-corrected chi connectivity index (χ2v) is 6.19. The third kappa shape index (κ3) is 2.81. The number of pyridine rings is 1. The number of halogens is 1. The highest BCUT2D eigenvalue weighted by Crippen LogP contribution is 2.36. The molecule has 0 unspecified atom stereocenters. The average molecular weight is 352 g/mol. The number of hydrogen-bond donors (Lipinski definition) is 0. The highest BCUT2D eigenvalue weighted by molar-refractivity contribution is 5.94. The summed E-state index contributed by atoms with van der Waals surface area (Å²) in [6.45, 7) is 2.37. The molecule has 1 aromatic heterocycles. The Morgan fingerprint density at radius 1 is 0.923 bits per heavy atom. The van der Waals surface area contributed by atoms with Crippen LogP contribution in [0.4, 0.5) is 21.5 Å². The fourth-order valence-corrected chi connectivity index (χ4v) is 3.47. The highest BCUT2D eigenvalue weighted by atomic mass is 19.1. The molecule has 2 heterocycles. The number of nitro benzene ring substituents is 1. The van der Waals surface area contributed by atoms with E-state index in [1.54, 1.807) is 42.6 Å². The lowest BCUT2D eigenvalue weighted by Gasteiger charge is -2.37.